The predicted molar refractivity (Wildman–Crippen MR) is 71.3 cm³/mol. The summed E-state index contributed by atoms with van der Waals surface area (Å²) in [5, 5.41) is 8.98. The Labute approximate surface area is 112 Å². The van der Waals surface area contributed by atoms with Gasteiger partial charge in [-0.1, -0.05) is 37.3 Å². The minimum Gasteiger partial charge on any atom is -0.475 e. The van der Waals surface area contributed by atoms with Crippen LogP contribution in [0.25, 0.3) is 0 Å². The molecule has 0 radical (unpaired) electrons. The van der Waals surface area contributed by atoms with E-state index in [1.807, 2.05) is 25.1 Å². The Kier molecular flexibility index (Phi) is 4.34. The van der Waals surface area contributed by atoms with Gasteiger partial charge in [-0.2, -0.15) is 0 Å². The van der Waals surface area contributed by atoms with E-state index in [-0.39, 0.29) is 5.76 Å². The average molecular weight is 259 g/mol. The smallest absolute Gasteiger partial charge is 0.373 e. The number of aryl methyl sites for hydroxylation is 3. The SMILES string of the molecule is CCc1nc(CCCc2ccccc2)oc1C(=O)O. The van der Waals surface area contributed by atoms with Gasteiger partial charge in [0.25, 0.3) is 0 Å². The summed E-state index contributed by atoms with van der Waals surface area (Å²) in [6.07, 6.45) is 3.07. The largest absolute Gasteiger partial charge is 0.475 e. The number of carboxylic acids is 1. The first kappa shape index (κ1) is 13.3. The first-order valence-electron chi connectivity index (χ1n) is 6.46. The van der Waals surface area contributed by atoms with Gasteiger partial charge in [0.2, 0.25) is 5.76 Å². The lowest BCUT2D eigenvalue weighted by atomic mass is 10.1. The van der Waals surface area contributed by atoms with Crippen LogP contribution in [0.15, 0.2) is 34.7 Å². The molecular formula is C15H17NO3. The Morgan fingerprint density at radius 2 is 2.00 bits per heavy atom. The molecule has 100 valence electrons. The summed E-state index contributed by atoms with van der Waals surface area (Å²) in [7, 11) is 0. The van der Waals surface area contributed by atoms with Crippen molar-refractivity contribution >= 4 is 5.97 Å². The summed E-state index contributed by atoms with van der Waals surface area (Å²) in [5.41, 5.74) is 1.80. The van der Waals surface area contributed by atoms with E-state index < -0.39 is 5.97 Å². The monoisotopic (exact) mass is 259 g/mol. The molecule has 19 heavy (non-hydrogen) atoms. The first-order valence-corrected chi connectivity index (χ1v) is 6.46. The number of carboxylic acid groups (broad SMARTS) is 1. The number of nitrogens with zero attached hydrogens (tertiary/aromatic N) is 1. The van der Waals surface area contributed by atoms with Gasteiger partial charge in [-0.3, -0.25) is 0 Å². The van der Waals surface area contributed by atoms with Gasteiger partial charge in [0.1, 0.15) is 0 Å². The maximum Gasteiger partial charge on any atom is 0.373 e. The van der Waals surface area contributed by atoms with Crippen LogP contribution in [0.5, 0.6) is 0 Å². The van der Waals surface area contributed by atoms with E-state index in [0.29, 0.717) is 24.4 Å². The Morgan fingerprint density at radius 1 is 1.26 bits per heavy atom. The Hall–Kier alpha value is -2.10. The number of benzene rings is 1. The van der Waals surface area contributed by atoms with Crippen LogP contribution in [0, 0.1) is 0 Å². The van der Waals surface area contributed by atoms with Crippen molar-refractivity contribution in [2.24, 2.45) is 0 Å². The lowest BCUT2D eigenvalue weighted by Crippen LogP contribution is -1.98. The molecule has 0 aliphatic heterocycles. The van der Waals surface area contributed by atoms with Gasteiger partial charge < -0.3 is 9.52 Å². The van der Waals surface area contributed by atoms with Gasteiger partial charge in [0, 0.05) is 6.42 Å². The van der Waals surface area contributed by atoms with Crippen molar-refractivity contribution < 1.29 is 14.3 Å². The molecule has 2 aromatic rings. The summed E-state index contributed by atoms with van der Waals surface area (Å²) in [5.74, 6) is -0.541. The molecule has 0 unspecified atom stereocenters. The van der Waals surface area contributed by atoms with Crippen LogP contribution in [-0.2, 0) is 19.3 Å². The number of aromatic carboxylic acids is 1. The number of aromatic nitrogens is 1. The highest BCUT2D eigenvalue weighted by molar-refractivity contribution is 5.85. The molecule has 0 fully saturated rings. The second kappa shape index (κ2) is 6.18. The molecule has 1 heterocycles. The second-order valence-electron chi connectivity index (χ2n) is 4.38. The molecule has 0 saturated heterocycles. The maximum absolute atomic E-state index is 11.0. The summed E-state index contributed by atoms with van der Waals surface area (Å²) >= 11 is 0. The van der Waals surface area contributed by atoms with Crippen LogP contribution in [0.2, 0.25) is 0 Å². The average Bonchev–Trinajstić information content (AvgIpc) is 2.83. The summed E-state index contributed by atoms with van der Waals surface area (Å²) in [6.45, 7) is 1.87. The van der Waals surface area contributed by atoms with Crippen LogP contribution in [0.1, 0.15) is 41.0 Å². The summed E-state index contributed by atoms with van der Waals surface area (Å²) in [6, 6.07) is 10.2. The Morgan fingerprint density at radius 3 is 2.58 bits per heavy atom. The molecule has 0 bridgehead atoms. The van der Waals surface area contributed by atoms with Crippen molar-refractivity contribution in [1.82, 2.24) is 4.98 Å². The van der Waals surface area contributed by atoms with E-state index in [1.54, 1.807) is 0 Å². The standard InChI is InChI=1S/C15H17NO3/c1-2-12-14(15(17)18)19-13(16-12)10-6-9-11-7-4-3-5-8-11/h3-5,7-8H,2,6,9-10H2,1H3,(H,17,18). The van der Waals surface area contributed by atoms with Gasteiger partial charge >= 0.3 is 5.97 Å². The zero-order valence-electron chi connectivity index (χ0n) is 10.9. The third-order valence-corrected chi connectivity index (χ3v) is 2.97. The zero-order valence-corrected chi connectivity index (χ0v) is 10.9. The Balaban J connectivity index is 1.95. The number of hydrogen-bond donors (Lipinski definition) is 1. The highest BCUT2D eigenvalue weighted by Gasteiger charge is 2.17. The van der Waals surface area contributed by atoms with Gasteiger partial charge in [0.15, 0.2) is 5.89 Å². The molecule has 4 heteroatoms. The molecule has 1 N–H and O–H groups in total. The summed E-state index contributed by atoms with van der Waals surface area (Å²) < 4.78 is 5.29. The third-order valence-electron chi connectivity index (χ3n) is 2.97. The molecule has 0 aliphatic rings. The van der Waals surface area contributed by atoms with E-state index in [2.05, 4.69) is 17.1 Å². The summed E-state index contributed by atoms with van der Waals surface area (Å²) in [4.78, 5) is 15.2. The van der Waals surface area contributed by atoms with Gasteiger partial charge in [-0.05, 0) is 24.8 Å². The second-order valence-corrected chi connectivity index (χ2v) is 4.38. The molecule has 0 amide bonds. The first-order chi connectivity index (χ1) is 9.20. The van der Waals surface area contributed by atoms with Crippen LogP contribution in [-0.4, -0.2) is 16.1 Å². The fraction of sp³-hybridized carbons (Fsp3) is 0.333. The molecule has 0 atom stereocenters. The van der Waals surface area contributed by atoms with E-state index in [9.17, 15) is 4.79 Å². The van der Waals surface area contributed by atoms with Crippen molar-refractivity contribution in [3.05, 3.63) is 53.2 Å². The van der Waals surface area contributed by atoms with Gasteiger partial charge in [-0.25, -0.2) is 9.78 Å². The van der Waals surface area contributed by atoms with Crippen molar-refractivity contribution in [2.75, 3.05) is 0 Å². The van der Waals surface area contributed by atoms with Crippen molar-refractivity contribution in [3.8, 4) is 0 Å². The fourth-order valence-electron chi connectivity index (χ4n) is 2.00. The third kappa shape index (κ3) is 3.44. The number of hydrogen-bond acceptors (Lipinski definition) is 3. The minimum atomic E-state index is -1.04. The van der Waals surface area contributed by atoms with E-state index >= 15 is 0 Å². The number of carbonyl (C=O) groups is 1. The molecule has 1 aromatic heterocycles. The minimum absolute atomic E-state index is 0.0165. The van der Waals surface area contributed by atoms with Crippen LogP contribution in [0.4, 0.5) is 0 Å². The highest BCUT2D eigenvalue weighted by atomic mass is 16.4. The van der Waals surface area contributed by atoms with E-state index in [0.717, 1.165) is 12.8 Å². The zero-order chi connectivity index (χ0) is 13.7. The molecule has 0 saturated carbocycles. The molecular weight excluding hydrogens is 242 g/mol. The van der Waals surface area contributed by atoms with Crippen molar-refractivity contribution in [2.45, 2.75) is 32.6 Å². The van der Waals surface area contributed by atoms with Crippen LogP contribution >= 0.6 is 0 Å². The molecule has 2 rings (SSSR count). The van der Waals surface area contributed by atoms with Crippen molar-refractivity contribution in [1.29, 1.82) is 0 Å². The van der Waals surface area contributed by atoms with Crippen LogP contribution in [0.3, 0.4) is 0 Å². The lowest BCUT2D eigenvalue weighted by Gasteiger charge is -1.98. The highest BCUT2D eigenvalue weighted by Crippen LogP contribution is 2.14. The van der Waals surface area contributed by atoms with Crippen LogP contribution < -0.4 is 0 Å². The Bertz CT molecular complexity index is 546. The van der Waals surface area contributed by atoms with Gasteiger partial charge in [0.05, 0.1) is 5.69 Å². The predicted octanol–water partition coefficient (Wildman–Crippen LogP) is 3.11. The van der Waals surface area contributed by atoms with Gasteiger partial charge in [-0.15, -0.1) is 0 Å². The number of oxazole rings is 1. The lowest BCUT2D eigenvalue weighted by molar-refractivity contribution is 0.0658. The molecule has 0 spiro atoms. The quantitative estimate of drug-likeness (QED) is 0.865. The molecule has 4 nitrogen and oxygen atoms in total. The molecule has 0 aliphatic carbocycles. The van der Waals surface area contributed by atoms with E-state index in [4.69, 9.17) is 9.52 Å². The van der Waals surface area contributed by atoms with Crippen molar-refractivity contribution in [3.63, 3.8) is 0 Å². The maximum atomic E-state index is 11.0. The fourth-order valence-corrected chi connectivity index (χ4v) is 2.00. The normalized spacial score (nSPS) is 10.6. The van der Waals surface area contributed by atoms with E-state index in [1.165, 1.54) is 5.56 Å². The molecule has 1 aromatic carbocycles. The number of rotatable bonds is 6. The topological polar surface area (TPSA) is 63.3 Å².